The normalized spacial score (nSPS) is 16.8. The van der Waals surface area contributed by atoms with Crippen molar-refractivity contribution in [2.45, 2.75) is 46.6 Å². The van der Waals surface area contributed by atoms with E-state index in [-0.39, 0.29) is 5.97 Å². The van der Waals surface area contributed by atoms with Crippen molar-refractivity contribution in [1.82, 2.24) is 14.8 Å². The summed E-state index contributed by atoms with van der Waals surface area (Å²) in [4.78, 5) is 17.5. The third-order valence-electron chi connectivity index (χ3n) is 4.61. The number of aromatic nitrogens is 2. The van der Waals surface area contributed by atoms with E-state index in [1.54, 1.807) is 5.06 Å². The predicted molar refractivity (Wildman–Crippen MR) is 97.8 cm³/mol. The molecule has 0 radical (unpaired) electrons. The van der Waals surface area contributed by atoms with E-state index in [2.05, 4.69) is 47.2 Å². The number of carbonyl (C=O) groups excluding carboxylic acids is 1. The zero-order valence-corrected chi connectivity index (χ0v) is 15.5. The Balaban J connectivity index is 1.58. The van der Waals surface area contributed by atoms with Crippen molar-refractivity contribution in [3.8, 4) is 11.1 Å². The molecule has 2 heterocycles. The summed E-state index contributed by atoms with van der Waals surface area (Å²) in [5, 5.41) is 6.34. The molecule has 0 unspecified atom stereocenters. The average molecular weight is 341 g/mol. The molecule has 2 aromatic rings. The number of piperidine rings is 1. The van der Waals surface area contributed by atoms with Gasteiger partial charge >= 0.3 is 5.97 Å². The lowest BCUT2D eigenvalue weighted by Crippen LogP contribution is -2.39. The molecule has 1 saturated heterocycles. The maximum absolute atomic E-state index is 12.0. The van der Waals surface area contributed by atoms with E-state index in [9.17, 15) is 4.79 Å². The van der Waals surface area contributed by atoms with Gasteiger partial charge in [-0.25, -0.2) is 4.79 Å². The Bertz CT molecular complexity index is 720. The van der Waals surface area contributed by atoms with Crippen LogP contribution in [-0.2, 0) is 9.63 Å². The van der Waals surface area contributed by atoms with Crippen molar-refractivity contribution in [3.63, 3.8) is 0 Å². The van der Waals surface area contributed by atoms with E-state index in [0.717, 1.165) is 31.5 Å². The Hall–Kier alpha value is -2.14. The first-order valence-corrected chi connectivity index (χ1v) is 8.91. The number of benzene rings is 1. The van der Waals surface area contributed by atoms with Gasteiger partial charge < -0.3 is 4.84 Å². The molecular weight excluding hydrogens is 314 g/mol. The smallest absolute Gasteiger partial charge is 0.330 e. The quantitative estimate of drug-likeness (QED) is 0.846. The average Bonchev–Trinajstić information content (AvgIpc) is 3.05. The van der Waals surface area contributed by atoms with Crippen LogP contribution >= 0.6 is 0 Å². The highest BCUT2D eigenvalue weighted by Gasteiger charge is 2.29. The molecule has 0 saturated carbocycles. The minimum atomic E-state index is -0.470. The number of aryl methyl sites for hydroxylation is 1. The molecule has 5 nitrogen and oxygen atoms in total. The van der Waals surface area contributed by atoms with Crippen molar-refractivity contribution in [1.29, 1.82) is 0 Å². The number of nitrogens with zero attached hydrogens (tertiary/aromatic N) is 3. The van der Waals surface area contributed by atoms with Crippen molar-refractivity contribution >= 4 is 5.97 Å². The molecule has 0 amide bonds. The summed E-state index contributed by atoms with van der Waals surface area (Å²) in [6.45, 7) is 9.20. The van der Waals surface area contributed by atoms with Gasteiger partial charge in [0.1, 0.15) is 0 Å². The summed E-state index contributed by atoms with van der Waals surface area (Å²) < 4.78 is 2.05. The molecule has 0 spiro atoms. The monoisotopic (exact) mass is 341 g/mol. The number of hydrogen-bond acceptors (Lipinski definition) is 4. The minimum Gasteiger partial charge on any atom is -0.367 e. The van der Waals surface area contributed by atoms with Gasteiger partial charge in [-0.15, -0.1) is 5.06 Å². The van der Waals surface area contributed by atoms with Gasteiger partial charge in [0.2, 0.25) is 0 Å². The maximum atomic E-state index is 12.0. The second kappa shape index (κ2) is 7.00. The largest absolute Gasteiger partial charge is 0.367 e. The maximum Gasteiger partial charge on any atom is 0.330 e. The SMILES string of the molecule is Cc1ccc(-c2cnn(C3CCN(OC(=O)C(C)(C)C)CC3)c2)cc1. The highest BCUT2D eigenvalue weighted by molar-refractivity contribution is 5.75. The van der Waals surface area contributed by atoms with Crippen LogP contribution in [0.4, 0.5) is 0 Å². The molecule has 1 aromatic carbocycles. The second-order valence-electron chi connectivity index (χ2n) is 7.86. The van der Waals surface area contributed by atoms with Gasteiger partial charge in [0.25, 0.3) is 0 Å². The van der Waals surface area contributed by atoms with Gasteiger partial charge in [0.05, 0.1) is 17.7 Å². The molecule has 3 rings (SSSR count). The number of rotatable bonds is 3. The third-order valence-corrected chi connectivity index (χ3v) is 4.61. The lowest BCUT2D eigenvalue weighted by atomic mass is 9.98. The van der Waals surface area contributed by atoms with Crippen LogP contribution in [0.3, 0.4) is 0 Å². The van der Waals surface area contributed by atoms with Gasteiger partial charge in [-0.1, -0.05) is 29.8 Å². The molecule has 25 heavy (non-hydrogen) atoms. The summed E-state index contributed by atoms with van der Waals surface area (Å²) in [6, 6.07) is 8.85. The molecule has 1 aliphatic rings. The van der Waals surface area contributed by atoms with Crippen LogP contribution in [0.2, 0.25) is 0 Å². The van der Waals surface area contributed by atoms with Crippen LogP contribution in [0.1, 0.15) is 45.2 Å². The highest BCUT2D eigenvalue weighted by atomic mass is 16.7. The fraction of sp³-hybridized carbons (Fsp3) is 0.500. The molecule has 0 atom stereocenters. The zero-order chi connectivity index (χ0) is 18.0. The van der Waals surface area contributed by atoms with E-state index in [1.807, 2.05) is 27.0 Å². The van der Waals surface area contributed by atoms with Crippen LogP contribution in [0.25, 0.3) is 11.1 Å². The van der Waals surface area contributed by atoms with Crippen LogP contribution in [0.5, 0.6) is 0 Å². The van der Waals surface area contributed by atoms with Crippen LogP contribution in [0.15, 0.2) is 36.7 Å². The van der Waals surface area contributed by atoms with Crippen LogP contribution in [0, 0.1) is 12.3 Å². The third kappa shape index (κ3) is 4.28. The molecular formula is C20H27N3O2. The fourth-order valence-electron chi connectivity index (χ4n) is 2.88. The Labute approximate surface area is 149 Å². The molecule has 1 fully saturated rings. The van der Waals surface area contributed by atoms with E-state index in [0.29, 0.717) is 6.04 Å². The number of hydrogen-bond donors (Lipinski definition) is 0. The van der Waals surface area contributed by atoms with Crippen molar-refractivity contribution in [2.24, 2.45) is 5.41 Å². The summed E-state index contributed by atoms with van der Waals surface area (Å²) in [7, 11) is 0. The van der Waals surface area contributed by atoms with Gasteiger partial charge in [-0.3, -0.25) is 4.68 Å². The van der Waals surface area contributed by atoms with Crippen molar-refractivity contribution in [3.05, 3.63) is 42.2 Å². The van der Waals surface area contributed by atoms with E-state index in [1.165, 1.54) is 11.1 Å². The van der Waals surface area contributed by atoms with Crippen LogP contribution in [-0.4, -0.2) is 33.9 Å². The van der Waals surface area contributed by atoms with Gasteiger partial charge in [-0.05, 0) is 46.1 Å². The van der Waals surface area contributed by atoms with E-state index in [4.69, 9.17) is 4.84 Å². The standard InChI is InChI=1S/C20H27N3O2/c1-15-5-7-16(8-6-15)17-13-21-23(14-17)18-9-11-22(12-10-18)25-19(24)20(2,3)4/h5-8,13-14,18H,9-12H2,1-4H3. The Morgan fingerprint density at radius 2 is 1.76 bits per heavy atom. The van der Waals surface area contributed by atoms with Crippen molar-refractivity contribution < 1.29 is 9.63 Å². The lowest BCUT2D eigenvalue weighted by molar-refractivity contribution is -0.205. The topological polar surface area (TPSA) is 47.4 Å². The fourth-order valence-corrected chi connectivity index (χ4v) is 2.88. The number of carbonyl (C=O) groups is 1. The first kappa shape index (κ1) is 17.7. The van der Waals surface area contributed by atoms with E-state index >= 15 is 0 Å². The molecule has 0 aliphatic carbocycles. The Kier molecular flexibility index (Phi) is 4.95. The highest BCUT2D eigenvalue weighted by Crippen LogP contribution is 2.26. The molecule has 0 bridgehead atoms. The summed E-state index contributed by atoms with van der Waals surface area (Å²) in [5.74, 6) is -0.174. The predicted octanol–water partition coefficient (Wildman–Crippen LogP) is 4.00. The van der Waals surface area contributed by atoms with Gasteiger partial charge in [-0.2, -0.15) is 5.10 Å². The minimum absolute atomic E-state index is 0.174. The van der Waals surface area contributed by atoms with Gasteiger partial charge in [0.15, 0.2) is 0 Å². The molecule has 1 aliphatic heterocycles. The lowest BCUT2D eigenvalue weighted by Gasteiger charge is -2.32. The van der Waals surface area contributed by atoms with E-state index < -0.39 is 5.41 Å². The zero-order valence-electron chi connectivity index (χ0n) is 15.5. The van der Waals surface area contributed by atoms with Crippen molar-refractivity contribution in [2.75, 3.05) is 13.1 Å². The second-order valence-corrected chi connectivity index (χ2v) is 7.86. The molecule has 0 N–H and O–H groups in total. The summed E-state index contributed by atoms with van der Waals surface area (Å²) in [6.07, 6.45) is 5.89. The Morgan fingerprint density at radius 3 is 2.36 bits per heavy atom. The summed E-state index contributed by atoms with van der Waals surface area (Å²) >= 11 is 0. The summed E-state index contributed by atoms with van der Waals surface area (Å²) in [5.41, 5.74) is 3.12. The first-order chi connectivity index (χ1) is 11.8. The Morgan fingerprint density at radius 1 is 1.12 bits per heavy atom. The number of hydroxylamine groups is 2. The van der Waals surface area contributed by atoms with Gasteiger partial charge in [0, 0.05) is 24.8 Å². The molecule has 134 valence electrons. The molecule has 5 heteroatoms. The molecule has 1 aromatic heterocycles. The first-order valence-electron chi connectivity index (χ1n) is 8.91. The van der Waals surface area contributed by atoms with Crippen LogP contribution < -0.4 is 0 Å².